The smallest absolute Gasteiger partial charge is 0.0108 e. The van der Waals surface area contributed by atoms with Crippen molar-refractivity contribution in [3.05, 3.63) is 34.9 Å². The second-order valence-corrected chi connectivity index (χ2v) is 5.61. The third kappa shape index (κ3) is 2.55. The Labute approximate surface area is 105 Å². The van der Waals surface area contributed by atoms with Gasteiger partial charge in [-0.25, -0.2) is 0 Å². The molecule has 17 heavy (non-hydrogen) atoms. The number of hydrogen-bond acceptors (Lipinski definition) is 1. The van der Waals surface area contributed by atoms with Crippen LogP contribution in [0.1, 0.15) is 48.8 Å². The van der Waals surface area contributed by atoms with Gasteiger partial charge < -0.3 is 5.32 Å². The molecule has 0 bridgehead atoms. The van der Waals surface area contributed by atoms with E-state index in [1.165, 1.54) is 57.9 Å². The molecule has 0 saturated carbocycles. The van der Waals surface area contributed by atoms with Gasteiger partial charge in [0.15, 0.2) is 0 Å². The lowest BCUT2D eigenvalue weighted by Crippen LogP contribution is -2.35. The van der Waals surface area contributed by atoms with E-state index in [1.54, 1.807) is 16.7 Å². The van der Waals surface area contributed by atoms with Crippen molar-refractivity contribution >= 4 is 0 Å². The average molecular weight is 229 g/mol. The molecule has 1 aromatic carbocycles. The molecule has 3 rings (SSSR count). The molecule has 1 fully saturated rings. The van der Waals surface area contributed by atoms with Gasteiger partial charge in [-0.05, 0) is 68.2 Å². The molecule has 0 amide bonds. The van der Waals surface area contributed by atoms with Gasteiger partial charge in [0.05, 0.1) is 0 Å². The number of rotatable bonds is 2. The van der Waals surface area contributed by atoms with Gasteiger partial charge in [-0.1, -0.05) is 24.6 Å². The van der Waals surface area contributed by atoms with Crippen LogP contribution in [0.2, 0.25) is 0 Å². The van der Waals surface area contributed by atoms with Crippen LogP contribution in [-0.2, 0) is 19.3 Å². The van der Waals surface area contributed by atoms with Crippen molar-refractivity contribution in [3.63, 3.8) is 0 Å². The Morgan fingerprint density at radius 1 is 1.06 bits per heavy atom. The van der Waals surface area contributed by atoms with Crippen molar-refractivity contribution in [2.24, 2.45) is 0 Å². The van der Waals surface area contributed by atoms with Crippen molar-refractivity contribution in [1.82, 2.24) is 5.32 Å². The van der Waals surface area contributed by atoms with Crippen LogP contribution >= 0.6 is 0 Å². The molecule has 0 spiro atoms. The van der Waals surface area contributed by atoms with Crippen molar-refractivity contribution in [2.75, 3.05) is 6.54 Å². The molecule has 0 aromatic heterocycles. The van der Waals surface area contributed by atoms with E-state index in [4.69, 9.17) is 0 Å². The summed E-state index contributed by atoms with van der Waals surface area (Å²) >= 11 is 0. The fourth-order valence-electron chi connectivity index (χ4n) is 3.42. The Bertz CT molecular complexity index is 377. The van der Waals surface area contributed by atoms with E-state index in [1.807, 2.05) is 0 Å². The molecular formula is C16H23N. The van der Waals surface area contributed by atoms with Crippen molar-refractivity contribution < 1.29 is 0 Å². The normalized spacial score (nSPS) is 24.4. The number of piperidine rings is 1. The molecule has 2 aliphatic rings. The molecule has 1 saturated heterocycles. The Morgan fingerprint density at radius 2 is 2.00 bits per heavy atom. The predicted octanol–water partition coefficient (Wildman–Crippen LogP) is 3.25. The molecule has 1 nitrogen and oxygen atoms in total. The highest BCUT2D eigenvalue weighted by Crippen LogP contribution is 2.26. The number of hydrogen-bond donors (Lipinski definition) is 1. The van der Waals surface area contributed by atoms with Gasteiger partial charge in [-0.3, -0.25) is 0 Å². The number of aryl methyl sites for hydroxylation is 1. The summed E-state index contributed by atoms with van der Waals surface area (Å²) in [7, 11) is 0. The van der Waals surface area contributed by atoms with Crippen LogP contribution in [0.5, 0.6) is 0 Å². The molecule has 92 valence electrons. The first kappa shape index (κ1) is 11.3. The molecule has 1 atom stereocenters. The van der Waals surface area contributed by atoms with Gasteiger partial charge >= 0.3 is 0 Å². The lowest BCUT2D eigenvalue weighted by Gasteiger charge is -2.26. The summed E-state index contributed by atoms with van der Waals surface area (Å²) in [6.07, 6.45) is 10.8. The SMILES string of the molecule is c1cc2c(c(CC3CCCCN3)c1)CCCC2. The molecule has 1 aromatic rings. The minimum absolute atomic E-state index is 0.733. The van der Waals surface area contributed by atoms with Crippen LogP contribution in [0.4, 0.5) is 0 Å². The first-order valence-corrected chi connectivity index (χ1v) is 7.26. The van der Waals surface area contributed by atoms with Crippen molar-refractivity contribution in [2.45, 2.75) is 57.4 Å². The fraction of sp³-hybridized carbons (Fsp3) is 0.625. The quantitative estimate of drug-likeness (QED) is 0.821. The van der Waals surface area contributed by atoms with Gasteiger partial charge in [0, 0.05) is 6.04 Å². The minimum atomic E-state index is 0.733. The van der Waals surface area contributed by atoms with E-state index < -0.39 is 0 Å². The van der Waals surface area contributed by atoms with Gasteiger partial charge in [0.2, 0.25) is 0 Å². The van der Waals surface area contributed by atoms with Crippen LogP contribution in [0.15, 0.2) is 18.2 Å². The van der Waals surface area contributed by atoms with E-state index in [0.717, 1.165) is 6.04 Å². The topological polar surface area (TPSA) is 12.0 Å². The minimum Gasteiger partial charge on any atom is -0.314 e. The van der Waals surface area contributed by atoms with E-state index in [-0.39, 0.29) is 0 Å². The first-order valence-electron chi connectivity index (χ1n) is 7.26. The Morgan fingerprint density at radius 3 is 2.88 bits per heavy atom. The van der Waals surface area contributed by atoms with Gasteiger partial charge in [0.1, 0.15) is 0 Å². The summed E-state index contributed by atoms with van der Waals surface area (Å²) in [5.74, 6) is 0. The van der Waals surface area contributed by atoms with Gasteiger partial charge in [-0.2, -0.15) is 0 Å². The average Bonchev–Trinajstić information content (AvgIpc) is 2.40. The third-order valence-corrected chi connectivity index (χ3v) is 4.37. The van der Waals surface area contributed by atoms with Crippen LogP contribution in [0.25, 0.3) is 0 Å². The molecule has 1 aliphatic heterocycles. The highest BCUT2D eigenvalue weighted by atomic mass is 14.9. The summed E-state index contributed by atoms with van der Waals surface area (Å²) in [6.45, 7) is 1.22. The molecular weight excluding hydrogens is 206 g/mol. The van der Waals surface area contributed by atoms with Crippen LogP contribution in [0.3, 0.4) is 0 Å². The molecule has 1 N–H and O–H groups in total. The fourth-order valence-corrected chi connectivity index (χ4v) is 3.42. The summed E-state index contributed by atoms with van der Waals surface area (Å²) in [5.41, 5.74) is 4.94. The van der Waals surface area contributed by atoms with Gasteiger partial charge in [0.25, 0.3) is 0 Å². The first-order chi connectivity index (χ1) is 8.43. The highest BCUT2D eigenvalue weighted by molar-refractivity contribution is 5.37. The molecule has 1 aliphatic carbocycles. The Balaban J connectivity index is 1.77. The van der Waals surface area contributed by atoms with E-state index in [0.29, 0.717) is 0 Å². The van der Waals surface area contributed by atoms with Crippen LogP contribution in [0, 0.1) is 0 Å². The zero-order valence-corrected chi connectivity index (χ0v) is 10.7. The van der Waals surface area contributed by atoms with E-state index >= 15 is 0 Å². The summed E-state index contributed by atoms with van der Waals surface area (Å²) in [6, 6.07) is 7.70. The Kier molecular flexibility index (Phi) is 3.46. The maximum Gasteiger partial charge on any atom is 0.0108 e. The molecule has 0 radical (unpaired) electrons. The molecule has 1 heteroatoms. The lowest BCUT2D eigenvalue weighted by atomic mass is 9.85. The zero-order chi connectivity index (χ0) is 11.5. The lowest BCUT2D eigenvalue weighted by molar-refractivity contribution is 0.398. The molecule has 1 unspecified atom stereocenters. The largest absolute Gasteiger partial charge is 0.314 e. The Hall–Kier alpha value is -0.820. The van der Waals surface area contributed by atoms with Gasteiger partial charge in [-0.15, -0.1) is 0 Å². The van der Waals surface area contributed by atoms with Crippen LogP contribution in [-0.4, -0.2) is 12.6 Å². The molecule has 1 heterocycles. The maximum absolute atomic E-state index is 3.67. The van der Waals surface area contributed by atoms with Crippen molar-refractivity contribution in [1.29, 1.82) is 0 Å². The maximum atomic E-state index is 3.67. The third-order valence-electron chi connectivity index (χ3n) is 4.37. The second kappa shape index (κ2) is 5.22. The number of fused-ring (bicyclic) bond motifs is 1. The van der Waals surface area contributed by atoms with E-state index in [2.05, 4.69) is 23.5 Å². The zero-order valence-electron chi connectivity index (χ0n) is 10.7. The highest BCUT2D eigenvalue weighted by Gasteiger charge is 2.17. The summed E-state index contributed by atoms with van der Waals surface area (Å²) in [4.78, 5) is 0. The standard InChI is InChI=1S/C16H23N/c1-2-10-16-13(6-1)7-5-8-14(16)12-15-9-3-4-11-17-15/h5,7-8,15,17H,1-4,6,9-12H2. The van der Waals surface area contributed by atoms with Crippen molar-refractivity contribution in [3.8, 4) is 0 Å². The second-order valence-electron chi connectivity index (χ2n) is 5.61. The monoisotopic (exact) mass is 229 g/mol. The number of nitrogens with one attached hydrogen (secondary N) is 1. The van der Waals surface area contributed by atoms with Crippen LogP contribution < -0.4 is 5.32 Å². The predicted molar refractivity (Wildman–Crippen MR) is 72.4 cm³/mol. The summed E-state index contributed by atoms with van der Waals surface area (Å²) < 4.78 is 0. The number of benzene rings is 1. The van der Waals surface area contributed by atoms with E-state index in [9.17, 15) is 0 Å². The summed E-state index contributed by atoms with van der Waals surface area (Å²) in [5, 5.41) is 3.67.